The van der Waals surface area contributed by atoms with Gasteiger partial charge in [0.2, 0.25) is 0 Å². The van der Waals surface area contributed by atoms with Crippen LogP contribution in [0.1, 0.15) is 42.2 Å². The van der Waals surface area contributed by atoms with Crippen LogP contribution in [0.5, 0.6) is 11.5 Å². The fraction of sp³-hybridized carbons (Fsp3) is 0.185. The number of carbonyl (C=O) groups excluding carboxylic acids is 1. The van der Waals surface area contributed by atoms with Crippen molar-refractivity contribution in [3.8, 4) is 11.5 Å². The molecule has 3 aromatic carbocycles. The van der Waals surface area contributed by atoms with Gasteiger partial charge in [-0.25, -0.2) is 0 Å². The quantitative estimate of drug-likeness (QED) is 0.345. The van der Waals surface area contributed by atoms with Gasteiger partial charge in [0.1, 0.15) is 11.5 Å². The number of hydrogen-bond acceptors (Lipinski definition) is 3. The van der Waals surface area contributed by atoms with Crippen LogP contribution in [-0.4, -0.2) is 22.3 Å². The van der Waals surface area contributed by atoms with Crippen molar-refractivity contribution in [2.75, 3.05) is 6.54 Å². The molecule has 3 aromatic rings. The van der Waals surface area contributed by atoms with Gasteiger partial charge in [0.25, 0.3) is 0 Å². The number of allylic oxidation sites excluding steroid dienone is 1. The molecule has 0 fully saturated rings. The highest BCUT2D eigenvalue weighted by Gasteiger charge is 2.34. The summed E-state index contributed by atoms with van der Waals surface area (Å²) in [6.07, 6.45) is 0.928. The van der Waals surface area contributed by atoms with E-state index in [2.05, 4.69) is 12.2 Å². The highest BCUT2D eigenvalue weighted by atomic mass is 32.1. The Labute approximate surface area is 194 Å². The molecule has 1 aliphatic heterocycles. The number of carbonyl (C=O) groups is 1. The molecule has 4 rings (SSSR count). The molecule has 5 heteroatoms. The third-order valence-electron chi connectivity index (χ3n) is 5.49. The number of benzene rings is 3. The molecule has 1 heterocycles. The maximum Gasteiger partial charge on any atom is 0.193 e. The van der Waals surface area contributed by atoms with Crippen molar-refractivity contribution in [3.63, 3.8) is 0 Å². The minimum absolute atomic E-state index is 0.00131. The van der Waals surface area contributed by atoms with Gasteiger partial charge >= 0.3 is 0 Å². The third kappa shape index (κ3) is 4.58. The lowest BCUT2D eigenvalue weighted by Crippen LogP contribution is -2.47. The fourth-order valence-electron chi connectivity index (χ4n) is 3.95. The Balaban J connectivity index is 1.75. The Morgan fingerprint density at radius 2 is 1.62 bits per heavy atom. The standard InChI is InChI=1S/C27H26N2O2S/c1-3-17-29-19(2)24(26(30)20-11-6-4-7-12-20)25(28-27(29)32)21-13-10-16-23(18-21)31-22-14-8-5-9-15-22/h4-16,18,25H,3,17H2,1-2H3,(H,28,32). The number of Topliss-reactive ketones (excluding diaryl/α,β-unsaturated/α-hetero) is 1. The first-order valence-electron chi connectivity index (χ1n) is 10.8. The van der Waals surface area contributed by atoms with Gasteiger partial charge in [-0.05, 0) is 55.4 Å². The molecule has 0 saturated carbocycles. The summed E-state index contributed by atoms with van der Waals surface area (Å²) >= 11 is 5.68. The summed E-state index contributed by atoms with van der Waals surface area (Å²) in [5.41, 5.74) is 3.18. The van der Waals surface area contributed by atoms with Crippen molar-refractivity contribution < 1.29 is 9.53 Å². The molecule has 1 unspecified atom stereocenters. The average Bonchev–Trinajstić information content (AvgIpc) is 2.82. The van der Waals surface area contributed by atoms with Gasteiger partial charge in [-0.3, -0.25) is 4.79 Å². The van der Waals surface area contributed by atoms with Crippen molar-refractivity contribution >= 4 is 23.1 Å². The monoisotopic (exact) mass is 442 g/mol. The summed E-state index contributed by atoms with van der Waals surface area (Å²) in [4.78, 5) is 15.6. The molecule has 0 aromatic heterocycles. The zero-order valence-corrected chi connectivity index (χ0v) is 19.1. The lowest BCUT2D eigenvalue weighted by atomic mass is 9.89. The molecule has 1 N–H and O–H groups in total. The van der Waals surface area contributed by atoms with Crippen LogP contribution in [0.2, 0.25) is 0 Å². The molecule has 0 aliphatic carbocycles. The van der Waals surface area contributed by atoms with E-state index in [1.807, 2.05) is 96.8 Å². The highest BCUT2D eigenvalue weighted by Crippen LogP contribution is 2.35. The van der Waals surface area contributed by atoms with Crippen LogP contribution in [-0.2, 0) is 0 Å². The van der Waals surface area contributed by atoms with Gasteiger partial charge in [0.15, 0.2) is 10.9 Å². The summed E-state index contributed by atoms with van der Waals surface area (Å²) in [5, 5.41) is 4.05. The molecular formula is C27H26N2O2S. The van der Waals surface area contributed by atoms with Crippen molar-refractivity contribution in [3.05, 3.63) is 107 Å². The number of ketones is 1. The van der Waals surface area contributed by atoms with Crippen molar-refractivity contribution in [2.24, 2.45) is 0 Å². The number of nitrogens with one attached hydrogen (secondary N) is 1. The molecule has 0 radical (unpaired) electrons. The summed E-state index contributed by atoms with van der Waals surface area (Å²) in [6, 6.07) is 26.5. The third-order valence-corrected chi connectivity index (χ3v) is 5.83. The first kappa shape index (κ1) is 21.8. The molecule has 32 heavy (non-hydrogen) atoms. The van der Waals surface area contributed by atoms with E-state index in [0.717, 1.165) is 30.0 Å². The normalized spacial score (nSPS) is 16.0. The second kappa shape index (κ2) is 9.79. The topological polar surface area (TPSA) is 41.6 Å². The van der Waals surface area contributed by atoms with Crippen LogP contribution >= 0.6 is 12.2 Å². The molecule has 1 aliphatic rings. The molecule has 0 saturated heterocycles. The number of hydrogen-bond donors (Lipinski definition) is 1. The number of nitrogens with zero attached hydrogens (tertiary/aromatic N) is 1. The molecule has 1 atom stereocenters. The largest absolute Gasteiger partial charge is 0.457 e. The zero-order chi connectivity index (χ0) is 22.5. The van der Waals surface area contributed by atoms with Crippen LogP contribution in [0, 0.1) is 0 Å². The Morgan fingerprint density at radius 1 is 0.969 bits per heavy atom. The van der Waals surface area contributed by atoms with E-state index in [1.165, 1.54) is 0 Å². The highest BCUT2D eigenvalue weighted by molar-refractivity contribution is 7.80. The van der Waals surface area contributed by atoms with E-state index in [4.69, 9.17) is 17.0 Å². The molecule has 162 valence electrons. The molecule has 0 amide bonds. The Morgan fingerprint density at radius 3 is 2.31 bits per heavy atom. The maximum absolute atomic E-state index is 13.6. The lowest BCUT2D eigenvalue weighted by Gasteiger charge is -2.38. The molecule has 4 nitrogen and oxygen atoms in total. The van der Waals surface area contributed by atoms with E-state index < -0.39 is 0 Å². The van der Waals surface area contributed by atoms with E-state index in [9.17, 15) is 4.79 Å². The summed E-state index contributed by atoms with van der Waals surface area (Å²) in [5.74, 6) is 1.47. The van der Waals surface area contributed by atoms with Crippen molar-refractivity contribution in [2.45, 2.75) is 26.3 Å². The van der Waals surface area contributed by atoms with E-state index in [0.29, 0.717) is 22.0 Å². The zero-order valence-electron chi connectivity index (χ0n) is 18.2. The number of para-hydroxylation sites is 1. The van der Waals surface area contributed by atoms with Crippen LogP contribution in [0.25, 0.3) is 0 Å². The van der Waals surface area contributed by atoms with Gasteiger partial charge in [-0.1, -0.05) is 67.6 Å². The molecule has 0 spiro atoms. The fourth-order valence-corrected chi connectivity index (χ4v) is 4.29. The minimum atomic E-state index is -0.359. The predicted octanol–water partition coefficient (Wildman–Crippen LogP) is 6.28. The van der Waals surface area contributed by atoms with Gasteiger partial charge in [-0.15, -0.1) is 0 Å². The van der Waals surface area contributed by atoms with E-state index in [-0.39, 0.29) is 11.8 Å². The maximum atomic E-state index is 13.6. The van der Waals surface area contributed by atoms with Gasteiger partial charge in [0, 0.05) is 23.4 Å². The van der Waals surface area contributed by atoms with Crippen LogP contribution < -0.4 is 10.1 Å². The minimum Gasteiger partial charge on any atom is -0.457 e. The van der Waals surface area contributed by atoms with Gasteiger partial charge < -0.3 is 15.0 Å². The first-order valence-corrected chi connectivity index (χ1v) is 11.2. The molecular weight excluding hydrogens is 416 g/mol. The van der Waals surface area contributed by atoms with Crippen LogP contribution in [0.3, 0.4) is 0 Å². The molecule has 0 bridgehead atoms. The lowest BCUT2D eigenvalue weighted by molar-refractivity contribution is 0.102. The Bertz CT molecular complexity index is 1140. The number of thiocarbonyl (C=S) groups is 1. The smallest absolute Gasteiger partial charge is 0.193 e. The van der Waals surface area contributed by atoms with E-state index in [1.54, 1.807) is 0 Å². The second-order valence-electron chi connectivity index (χ2n) is 7.72. The second-order valence-corrected chi connectivity index (χ2v) is 8.10. The summed E-state index contributed by atoms with van der Waals surface area (Å²) in [7, 11) is 0. The average molecular weight is 443 g/mol. The summed E-state index contributed by atoms with van der Waals surface area (Å²) in [6.45, 7) is 4.84. The Hall–Kier alpha value is -3.44. The van der Waals surface area contributed by atoms with Gasteiger partial charge in [0.05, 0.1) is 6.04 Å². The van der Waals surface area contributed by atoms with E-state index >= 15 is 0 Å². The van der Waals surface area contributed by atoms with Crippen molar-refractivity contribution in [1.82, 2.24) is 10.2 Å². The van der Waals surface area contributed by atoms with Gasteiger partial charge in [-0.2, -0.15) is 0 Å². The first-order chi connectivity index (χ1) is 15.6. The van der Waals surface area contributed by atoms with Crippen molar-refractivity contribution in [1.29, 1.82) is 0 Å². The SMILES string of the molecule is CCCN1C(=S)NC(c2cccc(Oc3ccccc3)c2)C(C(=O)c2ccccc2)=C1C. The predicted molar refractivity (Wildman–Crippen MR) is 132 cm³/mol. The number of rotatable bonds is 7. The summed E-state index contributed by atoms with van der Waals surface area (Å²) < 4.78 is 6.03. The van der Waals surface area contributed by atoms with Crippen LogP contribution in [0.15, 0.2) is 96.2 Å². The number of ether oxygens (including phenoxy) is 1. The Kier molecular flexibility index (Phi) is 6.66. The van der Waals surface area contributed by atoms with Crippen LogP contribution in [0.4, 0.5) is 0 Å².